The van der Waals surface area contributed by atoms with E-state index in [-0.39, 0.29) is 18.2 Å². The van der Waals surface area contributed by atoms with E-state index in [0.29, 0.717) is 18.5 Å². The van der Waals surface area contributed by atoms with Crippen LogP contribution in [0.5, 0.6) is 0 Å². The normalized spacial score (nSPS) is 24.0. The minimum atomic E-state index is -0.136. The number of nitrogens with zero attached hydrogens (tertiary/aromatic N) is 1. The summed E-state index contributed by atoms with van der Waals surface area (Å²) >= 11 is 3.27. The third-order valence-electron chi connectivity index (χ3n) is 3.51. The predicted octanol–water partition coefficient (Wildman–Crippen LogP) is 3.18. The maximum Gasteiger partial charge on any atom is 0.128 e. The van der Waals surface area contributed by atoms with Gasteiger partial charge in [0.15, 0.2) is 0 Å². The van der Waals surface area contributed by atoms with Gasteiger partial charge in [-0.1, -0.05) is 22.0 Å². The van der Waals surface area contributed by atoms with Crippen molar-refractivity contribution in [3.05, 3.63) is 34.1 Å². The largest absolute Gasteiger partial charge is 0.330 e. The molecule has 0 aliphatic carbocycles. The summed E-state index contributed by atoms with van der Waals surface area (Å²) in [5.41, 5.74) is 6.46. The average molecular weight is 338 g/mol. The van der Waals surface area contributed by atoms with E-state index >= 15 is 0 Å². The molecule has 1 saturated heterocycles. The van der Waals surface area contributed by atoms with Gasteiger partial charge >= 0.3 is 0 Å². The Kier molecular flexibility index (Phi) is 6.05. The third-order valence-corrected chi connectivity index (χ3v) is 4.01. The zero-order valence-electron chi connectivity index (χ0n) is 10.4. The Morgan fingerprint density at radius 2 is 2.22 bits per heavy atom. The lowest BCUT2D eigenvalue weighted by Crippen LogP contribution is -2.27. The number of hydrogen-bond donors (Lipinski definition) is 1. The van der Waals surface area contributed by atoms with Gasteiger partial charge in [-0.3, -0.25) is 4.90 Å². The summed E-state index contributed by atoms with van der Waals surface area (Å²) in [6, 6.07) is 5.75. The number of hydrogen-bond acceptors (Lipinski definition) is 2. The molecule has 0 aromatic heterocycles. The lowest BCUT2D eigenvalue weighted by Gasteiger charge is -2.21. The van der Waals surface area contributed by atoms with Crippen LogP contribution in [0.2, 0.25) is 0 Å². The highest BCUT2D eigenvalue weighted by atomic mass is 79.9. The monoisotopic (exact) mass is 336 g/mol. The first-order chi connectivity index (χ1) is 8.10. The molecule has 1 fully saturated rings. The molecule has 102 valence electrons. The summed E-state index contributed by atoms with van der Waals surface area (Å²) in [6.45, 7) is 4.57. The summed E-state index contributed by atoms with van der Waals surface area (Å²) < 4.78 is 14.5. The Labute approximate surface area is 122 Å². The molecule has 2 nitrogen and oxygen atoms in total. The maximum atomic E-state index is 13.7. The van der Waals surface area contributed by atoms with Crippen LogP contribution in [0.15, 0.2) is 22.7 Å². The SMILES string of the molecule is CC1CC(CN)CN1Cc1ccc(Br)cc1F.Cl. The molecule has 0 radical (unpaired) electrons. The second-order valence-corrected chi connectivity index (χ2v) is 5.77. The highest BCUT2D eigenvalue weighted by Gasteiger charge is 2.28. The molecule has 0 amide bonds. The fourth-order valence-corrected chi connectivity index (χ4v) is 2.81. The van der Waals surface area contributed by atoms with Crippen molar-refractivity contribution in [2.24, 2.45) is 11.7 Å². The van der Waals surface area contributed by atoms with Crippen molar-refractivity contribution >= 4 is 28.3 Å². The molecule has 1 aliphatic rings. The quantitative estimate of drug-likeness (QED) is 0.918. The van der Waals surface area contributed by atoms with Crippen molar-refractivity contribution in [2.75, 3.05) is 13.1 Å². The first-order valence-corrected chi connectivity index (χ1v) is 6.77. The summed E-state index contributed by atoms with van der Waals surface area (Å²) in [5.74, 6) is 0.422. The molecule has 2 atom stereocenters. The van der Waals surface area contributed by atoms with Gasteiger partial charge in [-0.05, 0) is 37.9 Å². The first-order valence-electron chi connectivity index (χ1n) is 5.98. The van der Waals surface area contributed by atoms with Crippen molar-refractivity contribution in [1.29, 1.82) is 0 Å². The zero-order chi connectivity index (χ0) is 12.4. The Bertz CT molecular complexity index is 403. The molecule has 1 aliphatic heterocycles. The van der Waals surface area contributed by atoms with Gasteiger partial charge in [0.25, 0.3) is 0 Å². The number of rotatable bonds is 3. The molecule has 2 N–H and O–H groups in total. The molecular weight excluding hydrogens is 319 g/mol. The average Bonchev–Trinajstić information content (AvgIpc) is 2.64. The van der Waals surface area contributed by atoms with Crippen LogP contribution in [0.25, 0.3) is 0 Å². The molecule has 2 rings (SSSR count). The zero-order valence-corrected chi connectivity index (χ0v) is 12.8. The fourth-order valence-electron chi connectivity index (χ4n) is 2.48. The number of nitrogens with two attached hydrogens (primary N) is 1. The highest BCUT2D eigenvalue weighted by molar-refractivity contribution is 9.10. The molecule has 0 bridgehead atoms. The van der Waals surface area contributed by atoms with E-state index < -0.39 is 0 Å². The Morgan fingerprint density at radius 1 is 1.50 bits per heavy atom. The summed E-state index contributed by atoms with van der Waals surface area (Å²) in [5, 5.41) is 0. The molecule has 18 heavy (non-hydrogen) atoms. The maximum absolute atomic E-state index is 13.7. The van der Waals surface area contributed by atoms with E-state index in [1.807, 2.05) is 12.1 Å². The predicted molar refractivity (Wildman–Crippen MR) is 78.4 cm³/mol. The number of benzene rings is 1. The minimum Gasteiger partial charge on any atom is -0.330 e. The summed E-state index contributed by atoms with van der Waals surface area (Å²) in [6.07, 6.45) is 1.12. The van der Waals surface area contributed by atoms with Crippen molar-refractivity contribution in [1.82, 2.24) is 4.90 Å². The van der Waals surface area contributed by atoms with Gasteiger partial charge in [0.2, 0.25) is 0 Å². The van der Waals surface area contributed by atoms with Gasteiger partial charge in [-0.15, -0.1) is 12.4 Å². The van der Waals surface area contributed by atoms with E-state index in [1.165, 1.54) is 6.07 Å². The van der Waals surface area contributed by atoms with Crippen molar-refractivity contribution in [2.45, 2.75) is 25.9 Å². The van der Waals surface area contributed by atoms with E-state index in [1.54, 1.807) is 0 Å². The van der Waals surface area contributed by atoms with E-state index in [4.69, 9.17) is 5.73 Å². The van der Waals surface area contributed by atoms with Gasteiger partial charge in [0, 0.05) is 29.2 Å². The van der Waals surface area contributed by atoms with Gasteiger partial charge in [0.1, 0.15) is 5.82 Å². The second-order valence-electron chi connectivity index (χ2n) is 4.85. The second kappa shape index (κ2) is 6.85. The molecule has 2 unspecified atom stereocenters. The molecular formula is C13H19BrClFN2. The summed E-state index contributed by atoms with van der Waals surface area (Å²) in [4.78, 5) is 2.31. The van der Waals surface area contributed by atoms with Crippen molar-refractivity contribution in [3.8, 4) is 0 Å². The minimum absolute atomic E-state index is 0. The van der Waals surface area contributed by atoms with Crippen LogP contribution >= 0.6 is 28.3 Å². The van der Waals surface area contributed by atoms with Crippen LogP contribution in [0.3, 0.4) is 0 Å². The molecule has 0 spiro atoms. The van der Waals surface area contributed by atoms with Crippen molar-refractivity contribution in [3.63, 3.8) is 0 Å². The number of halogens is 3. The fraction of sp³-hybridized carbons (Fsp3) is 0.538. The van der Waals surface area contributed by atoms with Gasteiger partial charge in [0.05, 0.1) is 0 Å². The first kappa shape index (κ1) is 15.9. The van der Waals surface area contributed by atoms with Crippen LogP contribution in [-0.4, -0.2) is 24.0 Å². The van der Waals surface area contributed by atoms with E-state index in [2.05, 4.69) is 27.8 Å². The van der Waals surface area contributed by atoms with Crippen LogP contribution in [0.4, 0.5) is 4.39 Å². The summed E-state index contributed by atoms with van der Waals surface area (Å²) in [7, 11) is 0. The molecule has 0 saturated carbocycles. The standard InChI is InChI=1S/C13H18BrFN2.ClH/c1-9-4-10(6-16)7-17(9)8-11-2-3-12(14)5-13(11)15;/h2-3,5,9-10H,4,6-8,16H2,1H3;1H. The lowest BCUT2D eigenvalue weighted by atomic mass is 10.1. The molecule has 5 heteroatoms. The van der Waals surface area contributed by atoms with Crippen LogP contribution in [0.1, 0.15) is 18.9 Å². The van der Waals surface area contributed by atoms with Gasteiger partial charge in [-0.25, -0.2) is 4.39 Å². The van der Waals surface area contributed by atoms with Crippen LogP contribution < -0.4 is 5.73 Å². The lowest BCUT2D eigenvalue weighted by molar-refractivity contribution is 0.252. The van der Waals surface area contributed by atoms with Gasteiger partial charge < -0.3 is 5.73 Å². The Balaban J connectivity index is 0.00000162. The Hall–Kier alpha value is -0.160. The number of likely N-dealkylation sites (tertiary alicyclic amines) is 1. The van der Waals surface area contributed by atoms with Crippen molar-refractivity contribution < 1.29 is 4.39 Å². The molecule has 1 aromatic carbocycles. The van der Waals surface area contributed by atoms with E-state index in [9.17, 15) is 4.39 Å². The topological polar surface area (TPSA) is 29.3 Å². The third kappa shape index (κ3) is 3.67. The van der Waals surface area contributed by atoms with Gasteiger partial charge in [-0.2, -0.15) is 0 Å². The molecule has 1 aromatic rings. The molecule has 1 heterocycles. The van der Waals surface area contributed by atoms with E-state index in [0.717, 1.165) is 29.5 Å². The van der Waals surface area contributed by atoms with Crippen LogP contribution in [-0.2, 0) is 6.54 Å². The highest BCUT2D eigenvalue weighted by Crippen LogP contribution is 2.25. The smallest absolute Gasteiger partial charge is 0.128 e. The van der Waals surface area contributed by atoms with Crippen LogP contribution in [0, 0.1) is 11.7 Å². The Morgan fingerprint density at radius 3 is 2.78 bits per heavy atom.